The highest BCUT2D eigenvalue weighted by Gasteiger charge is 2.28. The third-order valence-corrected chi connectivity index (χ3v) is 7.52. The quantitative estimate of drug-likeness (QED) is 0.646. The monoisotopic (exact) mass is 462 g/mol. The number of methoxy groups -OCH3 is 3. The van der Waals surface area contributed by atoms with Crippen molar-refractivity contribution in [2.75, 3.05) is 34.4 Å². The summed E-state index contributed by atoms with van der Waals surface area (Å²) in [4.78, 5) is 13.2. The molecule has 1 aliphatic rings. The van der Waals surface area contributed by atoms with Crippen LogP contribution in [-0.4, -0.2) is 53.0 Å². The molecule has 8 nitrogen and oxygen atoms in total. The van der Waals surface area contributed by atoms with Crippen molar-refractivity contribution in [2.45, 2.75) is 37.1 Å². The SMILES string of the molecule is COc1ccc([C@H](C)NC(=O)c2cc(S(=O)(=O)N3CCCCC3)ccc2OC)cc1OC. The minimum absolute atomic E-state index is 0.0871. The Morgan fingerprint density at radius 1 is 0.906 bits per heavy atom. The Morgan fingerprint density at radius 3 is 2.16 bits per heavy atom. The van der Waals surface area contributed by atoms with Crippen molar-refractivity contribution >= 4 is 15.9 Å². The summed E-state index contributed by atoms with van der Waals surface area (Å²) in [5, 5.41) is 2.91. The molecular formula is C23H30N2O6S. The zero-order chi connectivity index (χ0) is 23.3. The van der Waals surface area contributed by atoms with Crippen LogP contribution in [0.5, 0.6) is 17.2 Å². The van der Waals surface area contributed by atoms with Crippen molar-refractivity contribution in [1.29, 1.82) is 0 Å². The molecule has 0 saturated carbocycles. The van der Waals surface area contributed by atoms with Crippen LogP contribution in [0.4, 0.5) is 0 Å². The van der Waals surface area contributed by atoms with Crippen molar-refractivity contribution in [3.63, 3.8) is 0 Å². The van der Waals surface area contributed by atoms with Crippen LogP contribution >= 0.6 is 0 Å². The first kappa shape index (κ1) is 23.9. The van der Waals surface area contributed by atoms with Crippen molar-refractivity contribution in [3.8, 4) is 17.2 Å². The lowest BCUT2D eigenvalue weighted by Crippen LogP contribution is -2.35. The Hall–Kier alpha value is -2.78. The van der Waals surface area contributed by atoms with Gasteiger partial charge in [-0.05, 0) is 55.7 Å². The number of nitrogens with one attached hydrogen (secondary N) is 1. The standard InChI is InChI=1S/C23H30N2O6S/c1-16(17-8-10-21(30-3)22(14-17)31-4)24-23(26)19-15-18(9-11-20(19)29-2)32(27,28)25-12-6-5-7-13-25/h8-11,14-16H,5-7,12-13H2,1-4H3,(H,24,26)/t16-/m0/s1. The van der Waals surface area contributed by atoms with E-state index in [4.69, 9.17) is 14.2 Å². The summed E-state index contributed by atoms with van der Waals surface area (Å²) in [6.45, 7) is 2.82. The highest BCUT2D eigenvalue weighted by Crippen LogP contribution is 2.31. The summed E-state index contributed by atoms with van der Waals surface area (Å²) < 4.78 is 43.5. The molecule has 0 aliphatic carbocycles. The minimum Gasteiger partial charge on any atom is -0.496 e. The van der Waals surface area contributed by atoms with Crippen LogP contribution < -0.4 is 19.5 Å². The molecule has 32 heavy (non-hydrogen) atoms. The fraction of sp³-hybridized carbons (Fsp3) is 0.435. The number of sulfonamides is 1. The van der Waals surface area contributed by atoms with E-state index in [0.29, 0.717) is 30.3 Å². The molecule has 1 aliphatic heterocycles. The number of hydrogen-bond acceptors (Lipinski definition) is 6. The minimum atomic E-state index is -3.67. The van der Waals surface area contributed by atoms with E-state index in [1.807, 2.05) is 13.0 Å². The van der Waals surface area contributed by atoms with Gasteiger partial charge in [-0.15, -0.1) is 0 Å². The number of amides is 1. The Labute approximate surface area is 189 Å². The molecule has 1 fully saturated rings. The van der Waals surface area contributed by atoms with Gasteiger partial charge in [0.05, 0.1) is 37.8 Å². The normalized spacial score (nSPS) is 15.6. The number of ether oxygens (including phenoxy) is 3. The second-order valence-electron chi connectivity index (χ2n) is 7.64. The maximum Gasteiger partial charge on any atom is 0.255 e. The number of rotatable bonds is 8. The Kier molecular flexibility index (Phi) is 7.63. The van der Waals surface area contributed by atoms with Gasteiger partial charge in [0.15, 0.2) is 11.5 Å². The highest BCUT2D eigenvalue weighted by atomic mass is 32.2. The summed E-state index contributed by atoms with van der Waals surface area (Å²) in [6, 6.07) is 9.42. The number of nitrogens with zero attached hydrogens (tertiary/aromatic N) is 1. The van der Waals surface area contributed by atoms with Crippen molar-refractivity contribution in [1.82, 2.24) is 9.62 Å². The van der Waals surface area contributed by atoms with E-state index in [1.54, 1.807) is 26.4 Å². The molecular weight excluding hydrogens is 432 g/mol. The molecule has 2 aromatic rings. The molecule has 1 N–H and O–H groups in total. The predicted molar refractivity (Wildman–Crippen MR) is 121 cm³/mol. The molecule has 174 valence electrons. The van der Waals surface area contributed by atoms with Gasteiger partial charge in [-0.25, -0.2) is 8.42 Å². The number of piperidine rings is 1. The molecule has 9 heteroatoms. The van der Waals surface area contributed by atoms with E-state index in [9.17, 15) is 13.2 Å². The molecule has 0 unspecified atom stereocenters. The third kappa shape index (κ3) is 4.99. The van der Waals surface area contributed by atoms with Gasteiger partial charge in [0.2, 0.25) is 10.0 Å². The lowest BCUT2D eigenvalue weighted by Gasteiger charge is -2.26. The van der Waals surface area contributed by atoms with Gasteiger partial charge >= 0.3 is 0 Å². The predicted octanol–water partition coefficient (Wildman–Crippen LogP) is 3.38. The molecule has 1 saturated heterocycles. The summed E-state index contributed by atoms with van der Waals surface area (Å²) in [7, 11) is 0.875. The number of hydrogen-bond donors (Lipinski definition) is 1. The maximum absolute atomic E-state index is 13.1. The number of carbonyl (C=O) groups is 1. The van der Waals surface area contributed by atoms with Crippen molar-refractivity contribution in [3.05, 3.63) is 47.5 Å². The van der Waals surface area contributed by atoms with Gasteiger partial charge in [-0.1, -0.05) is 12.5 Å². The third-order valence-electron chi connectivity index (χ3n) is 5.62. The first-order valence-corrected chi connectivity index (χ1v) is 12.0. The lowest BCUT2D eigenvalue weighted by molar-refractivity contribution is 0.0936. The van der Waals surface area contributed by atoms with Crippen LogP contribution in [0, 0.1) is 0 Å². The summed E-state index contributed by atoms with van der Waals surface area (Å²) in [5.74, 6) is 1.02. The topological polar surface area (TPSA) is 94.2 Å². The van der Waals surface area contributed by atoms with Gasteiger partial charge < -0.3 is 19.5 Å². The van der Waals surface area contributed by atoms with Crippen LogP contribution in [0.3, 0.4) is 0 Å². The summed E-state index contributed by atoms with van der Waals surface area (Å²) in [5.41, 5.74) is 0.977. The van der Waals surface area contributed by atoms with E-state index < -0.39 is 15.9 Å². The average Bonchev–Trinajstić information content (AvgIpc) is 2.83. The Bertz CT molecular complexity index is 1060. The second-order valence-corrected chi connectivity index (χ2v) is 9.57. The van der Waals surface area contributed by atoms with Crippen molar-refractivity contribution in [2.24, 2.45) is 0 Å². The van der Waals surface area contributed by atoms with Gasteiger partial charge in [0.25, 0.3) is 5.91 Å². The van der Waals surface area contributed by atoms with E-state index in [-0.39, 0.29) is 16.5 Å². The van der Waals surface area contributed by atoms with Gasteiger partial charge in [0, 0.05) is 13.1 Å². The molecule has 0 aromatic heterocycles. The first-order chi connectivity index (χ1) is 15.3. The molecule has 1 heterocycles. The number of carbonyl (C=O) groups excluding carboxylic acids is 1. The van der Waals surface area contributed by atoms with Gasteiger partial charge in [-0.2, -0.15) is 4.31 Å². The number of benzene rings is 2. The molecule has 1 amide bonds. The molecule has 1 atom stereocenters. The van der Waals surface area contributed by atoms with Crippen molar-refractivity contribution < 1.29 is 27.4 Å². The maximum atomic E-state index is 13.1. The Morgan fingerprint density at radius 2 is 1.53 bits per heavy atom. The zero-order valence-corrected chi connectivity index (χ0v) is 19.7. The van der Waals surface area contributed by atoms with Crippen LogP contribution in [0.1, 0.15) is 48.1 Å². The lowest BCUT2D eigenvalue weighted by atomic mass is 10.1. The summed E-state index contributed by atoms with van der Waals surface area (Å²) >= 11 is 0. The van der Waals surface area contributed by atoms with Gasteiger partial charge in [-0.3, -0.25) is 4.79 Å². The first-order valence-electron chi connectivity index (χ1n) is 10.5. The van der Waals surface area contributed by atoms with Crippen LogP contribution in [-0.2, 0) is 10.0 Å². The molecule has 0 spiro atoms. The molecule has 3 rings (SSSR count). The fourth-order valence-corrected chi connectivity index (χ4v) is 5.30. The summed E-state index contributed by atoms with van der Waals surface area (Å²) in [6.07, 6.45) is 2.70. The molecule has 2 aromatic carbocycles. The smallest absolute Gasteiger partial charge is 0.255 e. The largest absolute Gasteiger partial charge is 0.496 e. The zero-order valence-electron chi connectivity index (χ0n) is 18.9. The molecule has 0 bridgehead atoms. The van der Waals surface area contributed by atoms with E-state index in [2.05, 4.69) is 5.32 Å². The second kappa shape index (κ2) is 10.2. The van der Waals surface area contributed by atoms with Crippen LogP contribution in [0.25, 0.3) is 0 Å². The average molecular weight is 463 g/mol. The Balaban J connectivity index is 1.86. The van der Waals surface area contributed by atoms with E-state index in [0.717, 1.165) is 24.8 Å². The van der Waals surface area contributed by atoms with Crippen LogP contribution in [0.15, 0.2) is 41.3 Å². The fourth-order valence-electron chi connectivity index (χ4n) is 3.76. The van der Waals surface area contributed by atoms with E-state index in [1.165, 1.54) is 29.6 Å². The van der Waals surface area contributed by atoms with Gasteiger partial charge in [0.1, 0.15) is 5.75 Å². The highest BCUT2D eigenvalue weighted by molar-refractivity contribution is 7.89. The van der Waals surface area contributed by atoms with Crippen LogP contribution in [0.2, 0.25) is 0 Å². The van der Waals surface area contributed by atoms with E-state index >= 15 is 0 Å². The molecule has 0 radical (unpaired) electrons.